The van der Waals surface area contributed by atoms with E-state index in [1.807, 2.05) is 40.3 Å². The van der Waals surface area contributed by atoms with Gasteiger partial charge in [0.1, 0.15) is 0 Å². The number of allylic oxidation sites excluding steroid dienone is 1. The molecule has 9 heteroatoms. The minimum Gasteiger partial charge on any atom is -0.463 e. The summed E-state index contributed by atoms with van der Waals surface area (Å²) in [5.41, 5.74) is 2.77. The zero-order valence-electron chi connectivity index (χ0n) is 18.5. The number of rotatable bonds is 5. The fourth-order valence-corrected chi connectivity index (χ4v) is 5.32. The van der Waals surface area contributed by atoms with Crippen molar-refractivity contribution < 1.29 is 14.3 Å². The maximum atomic E-state index is 13.1. The average Bonchev–Trinajstić information content (AvgIpc) is 3.15. The van der Waals surface area contributed by atoms with E-state index in [0.717, 1.165) is 42.6 Å². The molecule has 1 atom stereocenters. The lowest BCUT2D eigenvalue weighted by Crippen LogP contribution is -2.47. The highest BCUT2D eigenvalue weighted by Crippen LogP contribution is 2.45. The molecule has 1 fully saturated rings. The molecule has 32 heavy (non-hydrogen) atoms. The molecule has 4 rings (SSSR count). The number of nitrogens with zero attached hydrogens (tertiary/aromatic N) is 4. The van der Waals surface area contributed by atoms with Crippen LogP contribution in [-0.4, -0.2) is 71.6 Å². The Morgan fingerprint density at radius 3 is 2.69 bits per heavy atom. The summed E-state index contributed by atoms with van der Waals surface area (Å²) >= 11 is 7.77. The number of hydrogen-bond acceptors (Lipinski definition) is 7. The van der Waals surface area contributed by atoms with E-state index in [1.54, 1.807) is 13.0 Å². The number of thioether (sulfide) groups is 1. The minimum absolute atomic E-state index is 0.0833. The van der Waals surface area contributed by atoms with Gasteiger partial charge < -0.3 is 19.4 Å². The Morgan fingerprint density at radius 2 is 2.00 bits per heavy atom. The van der Waals surface area contributed by atoms with E-state index in [-0.39, 0.29) is 18.9 Å². The summed E-state index contributed by atoms with van der Waals surface area (Å²) in [5, 5.41) is 3.30. The molecule has 0 saturated carbocycles. The molecule has 1 aromatic rings. The Labute approximate surface area is 197 Å². The van der Waals surface area contributed by atoms with E-state index in [2.05, 4.69) is 16.9 Å². The van der Waals surface area contributed by atoms with Gasteiger partial charge in [0.15, 0.2) is 5.17 Å². The van der Waals surface area contributed by atoms with Crippen molar-refractivity contribution >= 4 is 40.4 Å². The van der Waals surface area contributed by atoms with E-state index in [4.69, 9.17) is 16.3 Å². The zero-order chi connectivity index (χ0) is 22.8. The van der Waals surface area contributed by atoms with Crippen molar-refractivity contribution in [2.24, 2.45) is 4.99 Å². The van der Waals surface area contributed by atoms with E-state index in [1.165, 1.54) is 11.8 Å². The van der Waals surface area contributed by atoms with Crippen molar-refractivity contribution in [1.82, 2.24) is 14.7 Å². The Morgan fingerprint density at radius 1 is 1.25 bits per heavy atom. The standard InChI is InChI=1S/C23H27ClN4O3S/c1-4-31-22(30)20-15(2)25-23-28(21(20)16-6-5-7-17(24)12-16)18(14-32-23)13-19(29)27-10-8-26(3)9-11-27/h5-7,12,14,21H,4,8-11,13H2,1-3H3/t21-/m0/s1. The Bertz CT molecular complexity index is 1010. The first-order chi connectivity index (χ1) is 15.4. The molecule has 3 aliphatic heterocycles. The number of benzene rings is 1. The quantitative estimate of drug-likeness (QED) is 0.607. The lowest BCUT2D eigenvalue weighted by atomic mass is 9.94. The Kier molecular flexibility index (Phi) is 6.93. The van der Waals surface area contributed by atoms with Crippen molar-refractivity contribution in [3.63, 3.8) is 0 Å². The zero-order valence-corrected chi connectivity index (χ0v) is 20.1. The van der Waals surface area contributed by atoms with Gasteiger partial charge in [0, 0.05) is 36.9 Å². The number of aliphatic imine (C=N–C) groups is 1. The van der Waals surface area contributed by atoms with Gasteiger partial charge in [-0.3, -0.25) is 4.79 Å². The third kappa shape index (κ3) is 4.58. The topological polar surface area (TPSA) is 65.5 Å². The summed E-state index contributed by atoms with van der Waals surface area (Å²) in [4.78, 5) is 36.8. The molecule has 0 N–H and O–H groups in total. The summed E-state index contributed by atoms with van der Waals surface area (Å²) in [6.45, 7) is 7.07. The van der Waals surface area contributed by atoms with Crippen LogP contribution in [-0.2, 0) is 14.3 Å². The Balaban J connectivity index is 1.66. The minimum atomic E-state index is -0.457. The summed E-state index contributed by atoms with van der Waals surface area (Å²) in [7, 11) is 2.07. The van der Waals surface area contributed by atoms with Gasteiger partial charge in [-0.05, 0) is 44.0 Å². The van der Waals surface area contributed by atoms with Gasteiger partial charge in [-0.25, -0.2) is 9.79 Å². The highest BCUT2D eigenvalue weighted by molar-refractivity contribution is 8.16. The van der Waals surface area contributed by atoms with Crippen LogP contribution in [0.15, 0.2) is 51.6 Å². The molecular formula is C23H27ClN4O3S. The number of likely N-dealkylation sites (N-methyl/N-ethyl adjacent to an activating group) is 1. The molecule has 170 valence electrons. The van der Waals surface area contributed by atoms with Crippen molar-refractivity contribution in [1.29, 1.82) is 0 Å². The smallest absolute Gasteiger partial charge is 0.338 e. The van der Waals surface area contributed by atoms with E-state index in [0.29, 0.717) is 16.3 Å². The highest BCUT2D eigenvalue weighted by Gasteiger charge is 2.41. The molecule has 3 heterocycles. The third-order valence-corrected chi connectivity index (χ3v) is 6.97. The fourth-order valence-electron chi connectivity index (χ4n) is 4.15. The van der Waals surface area contributed by atoms with Crippen molar-refractivity contribution in [3.8, 4) is 0 Å². The van der Waals surface area contributed by atoms with Crippen LogP contribution in [0.2, 0.25) is 5.02 Å². The van der Waals surface area contributed by atoms with Gasteiger partial charge in [0.05, 0.1) is 30.3 Å². The number of carbonyl (C=O) groups is 2. The normalized spacial score (nSPS) is 21.3. The van der Waals surface area contributed by atoms with Crippen molar-refractivity contribution in [3.05, 3.63) is 57.2 Å². The number of amides is 1. The summed E-state index contributed by atoms with van der Waals surface area (Å²) < 4.78 is 5.37. The van der Waals surface area contributed by atoms with Crippen LogP contribution in [0.1, 0.15) is 31.9 Å². The largest absolute Gasteiger partial charge is 0.463 e. The molecule has 1 aromatic carbocycles. The molecular weight excluding hydrogens is 448 g/mol. The summed E-state index contributed by atoms with van der Waals surface area (Å²) in [6.07, 6.45) is 0.252. The number of fused-ring (bicyclic) bond motifs is 1. The lowest BCUT2D eigenvalue weighted by molar-refractivity contribution is -0.139. The number of carbonyl (C=O) groups excluding carboxylic acids is 2. The fraction of sp³-hybridized carbons (Fsp3) is 0.435. The van der Waals surface area contributed by atoms with Crippen LogP contribution in [0.3, 0.4) is 0 Å². The van der Waals surface area contributed by atoms with Gasteiger partial charge in [0.2, 0.25) is 5.91 Å². The molecule has 0 radical (unpaired) electrons. The first-order valence-electron chi connectivity index (χ1n) is 10.7. The molecule has 0 aromatic heterocycles. The molecule has 0 bridgehead atoms. The van der Waals surface area contributed by atoms with Crippen LogP contribution in [0.5, 0.6) is 0 Å². The number of amidine groups is 1. The maximum Gasteiger partial charge on any atom is 0.338 e. The number of halogens is 1. The van der Waals surface area contributed by atoms with Gasteiger partial charge >= 0.3 is 5.97 Å². The SMILES string of the molecule is CCOC(=O)C1=C(C)N=C2SC=C(CC(=O)N3CCN(C)CC3)N2[C@H]1c1cccc(Cl)c1. The first kappa shape index (κ1) is 22.9. The second-order valence-corrected chi connectivity index (χ2v) is 9.30. The molecule has 1 amide bonds. The molecule has 7 nitrogen and oxygen atoms in total. The van der Waals surface area contributed by atoms with Crippen LogP contribution in [0, 0.1) is 0 Å². The second kappa shape index (κ2) is 9.68. The molecule has 0 unspecified atom stereocenters. The number of esters is 1. The second-order valence-electron chi connectivity index (χ2n) is 8.03. The van der Waals surface area contributed by atoms with Gasteiger partial charge in [-0.2, -0.15) is 0 Å². The van der Waals surface area contributed by atoms with Crippen LogP contribution >= 0.6 is 23.4 Å². The first-order valence-corrected chi connectivity index (χ1v) is 12.0. The number of hydrogen-bond donors (Lipinski definition) is 0. The number of piperazine rings is 1. The van der Waals surface area contributed by atoms with Crippen LogP contribution in [0.4, 0.5) is 0 Å². The highest BCUT2D eigenvalue weighted by atomic mass is 35.5. The summed E-state index contributed by atoms with van der Waals surface area (Å²) in [6, 6.07) is 7.00. The summed E-state index contributed by atoms with van der Waals surface area (Å²) in [5.74, 6) is -0.320. The van der Waals surface area contributed by atoms with E-state index < -0.39 is 12.0 Å². The van der Waals surface area contributed by atoms with Gasteiger partial charge in [-0.15, -0.1) is 0 Å². The van der Waals surface area contributed by atoms with Crippen molar-refractivity contribution in [2.75, 3.05) is 39.8 Å². The van der Waals surface area contributed by atoms with Crippen LogP contribution in [0.25, 0.3) is 0 Å². The molecule has 0 spiro atoms. The van der Waals surface area contributed by atoms with E-state index in [9.17, 15) is 9.59 Å². The van der Waals surface area contributed by atoms with Crippen LogP contribution < -0.4 is 0 Å². The molecule has 3 aliphatic rings. The predicted octanol–water partition coefficient (Wildman–Crippen LogP) is 3.64. The van der Waals surface area contributed by atoms with Gasteiger partial charge in [0.25, 0.3) is 0 Å². The molecule has 1 saturated heterocycles. The maximum absolute atomic E-state index is 13.1. The van der Waals surface area contributed by atoms with Crippen molar-refractivity contribution in [2.45, 2.75) is 26.3 Å². The van der Waals surface area contributed by atoms with E-state index >= 15 is 0 Å². The van der Waals surface area contributed by atoms with Gasteiger partial charge in [-0.1, -0.05) is 35.5 Å². The Hall–Kier alpha value is -2.29. The number of ether oxygens (including phenoxy) is 1. The molecule has 0 aliphatic carbocycles. The monoisotopic (exact) mass is 474 g/mol. The third-order valence-electron chi connectivity index (χ3n) is 5.85. The predicted molar refractivity (Wildman–Crippen MR) is 127 cm³/mol. The average molecular weight is 475 g/mol. The lowest BCUT2D eigenvalue weighted by Gasteiger charge is -2.37.